The molecule has 0 amide bonds. The zero-order chi connectivity index (χ0) is 26.6. The quantitative estimate of drug-likeness (QED) is 0.467. The van der Waals surface area contributed by atoms with E-state index in [0.717, 1.165) is 0 Å². The number of esters is 3. The summed E-state index contributed by atoms with van der Waals surface area (Å²) in [5.74, 6) is -3.99. The van der Waals surface area contributed by atoms with Gasteiger partial charge < -0.3 is 28.8 Å². The third-order valence-electron chi connectivity index (χ3n) is 10.9. The molecule has 2 heterocycles. The summed E-state index contributed by atoms with van der Waals surface area (Å²) in [6.45, 7) is 4.50. The number of benzene rings is 1. The van der Waals surface area contributed by atoms with Crippen LogP contribution in [0.5, 0.6) is 0 Å². The molecule has 0 radical (unpaired) electrons. The molecule has 6 fully saturated rings. The molecule has 2 spiro atoms. The van der Waals surface area contributed by atoms with Crippen LogP contribution in [0.15, 0.2) is 30.3 Å². The molecule has 204 valence electrons. The Labute approximate surface area is 221 Å². The van der Waals surface area contributed by atoms with Crippen molar-refractivity contribution in [1.29, 1.82) is 0 Å². The molecule has 6 aliphatic rings. The van der Waals surface area contributed by atoms with Gasteiger partial charge in [-0.2, -0.15) is 0 Å². The largest absolute Gasteiger partial charge is 0.466 e. The lowest BCUT2D eigenvalue weighted by Gasteiger charge is -2.46. The maximum atomic E-state index is 13.9. The highest BCUT2D eigenvalue weighted by molar-refractivity contribution is 5.91. The minimum Gasteiger partial charge on any atom is -0.466 e. The summed E-state index contributed by atoms with van der Waals surface area (Å²) >= 11 is 0. The van der Waals surface area contributed by atoms with Gasteiger partial charge in [0.15, 0.2) is 5.79 Å². The van der Waals surface area contributed by atoms with E-state index in [1.807, 2.05) is 6.07 Å². The number of ether oxygens (including phenoxy) is 5. The van der Waals surface area contributed by atoms with Crippen LogP contribution in [-0.2, 0) is 33.3 Å². The van der Waals surface area contributed by atoms with Gasteiger partial charge in [-0.3, -0.25) is 9.59 Å². The zero-order valence-corrected chi connectivity index (χ0v) is 21.8. The van der Waals surface area contributed by atoms with Crippen LogP contribution in [0.1, 0.15) is 62.7 Å². The average molecular weight is 527 g/mol. The van der Waals surface area contributed by atoms with Crippen LogP contribution in [0, 0.1) is 28.6 Å². The van der Waals surface area contributed by atoms with Crippen molar-refractivity contribution in [2.75, 3.05) is 19.8 Å². The highest BCUT2D eigenvalue weighted by Gasteiger charge is 2.87. The van der Waals surface area contributed by atoms with Crippen LogP contribution in [0.25, 0.3) is 0 Å². The molecule has 4 saturated carbocycles. The molecule has 1 N–H and O–H groups in total. The second-order valence-electron chi connectivity index (χ2n) is 12.3. The van der Waals surface area contributed by atoms with Crippen molar-refractivity contribution in [2.45, 2.75) is 75.5 Å². The Morgan fingerprint density at radius 2 is 1.82 bits per heavy atom. The first-order valence-corrected chi connectivity index (χ1v) is 13.8. The van der Waals surface area contributed by atoms with Crippen molar-refractivity contribution >= 4 is 17.9 Å². The highest BCUT2D eigenvalue weighted by atomic mass is 16.8. The molecular formula is C29H34O9. The van der Waals surface area contributed by atoms with E-state index in [4.69, 9.17) is 23.7 Å². The fraction of sp³-hybridized carbons (Fsp3) is 0.690. The number of carbonyl (C=O) groups is 3. The van der Waals surface area contributed by atoms with Crippen LogP contribution in [0.2, 0.25) is 0 Å². The summed E-state index contributed by atoms with van der Waals surface area (Å²) in [5.41, 5.74) is -3.70. The van der Waals surface area contributed by atoms with Crippen molar-refractivity contribution < 1.29 is 43.2 Å². The molecule has 4 bridgehead atoms. The van der Waals surface area contributed by atoms with Gasteiger partial charge in [0.2, 0.25) is 0 Å². The third kappa shape index (κ3) is 2.75. The normalized spacial score (nSPS) is 45.4. The van der Waals surface area contributed by atoms with Gasteiger partial charge in [-0.05, 0) is 63.5 Å². The molecule has 4 aliphatic carbocycles. The van der Waals surface area contributed by atoms with Gasteiger partial charge in [0.05, 0.1) is 31.3 Å². The van der Waals surface area contributed by atoms with Crippen molar-refractivity contribution in [1.82, 2.24) is 0 Å². The molecule has 9 nitrogen and oxygen atoms in total. The SMILES string of the molecule is CCOC(=O)[C@H]1[C@H]2[C@@]3(CC[C@@H](OC(=O)c4ccccc4)[C@@]2(C)C(=O)O3)[C@@H]2CC[C@]3(O)C[C@@]21CC31OCCO1. The molecule has 0 unspecified atom stereocenters. The Balaban J connectivity index is 1.33. The first-order valence-electron chi connectivity index (χ1n) is 13.8. The van der Waals surface area contributed by atoms with Gasteiger partial charge in [0, 0.05) is 18.3 Å². The first kappa shape index (κ1) is 24.5. The first-order chi connectivity index (χ1) is 18.2. The van der Waals surface area contributed by atoms with Gasteiger partial charge in [0.1, 0.15) is 22.7 Å². The van der Waals surface area contributed by atoms with E-state index < -0.39 is 63.7 Å². The summed E-state index contributed by atoms with van der Waals surface area (Å²) in [5, 5.41) is 11.9. The molecule has 1 aromatic rings. The second-order valence-corrected chi connectivity index (χ2v) is 12.3. The van der Waals surface area contributed by atoms with E-state index in [1.165, 1.54) is 0 Å². The molecule has 38 heavy (non-hydrogen) atoms. The van der Waals surface area contributed by atoms with E-state index >= 15 is 0 Å². The maximum Gasteiger partial charge on any atom is 0.338 e. The zero-order valence-electron chi connectivity index (χ0n) is 21.8. The predicted molar refractivity (Wildman–Crippen MR) is 129 cm³/mol. The van der Waals surface area contributed by atoms with E-state index in [0.29, 0.717) is 57.3 Å². The Hall–Kier alpha value is -2.49. The second kappa shape index (κ2) is 7.79. The van der Waals surface area contributed by atoms with Crippen LogP contribution in [0.3, 0.4) is 0 Å². The molecule has 0 aromatic heterocycles. The van der Waals surface area contributed by atoms with Crippen LogP contribution in [-0.4, -0.2) is 65.9 Å². The molecular weight excluding hydrogens is 492 g/mol. The van der Waals surface area contributed by atoms with Gasteiger partial charge in [0.25, 0.3) is 0 Å². The summed E-state index contributed by atoms with van der Waals surface area (Å²) in [6.07, 6.45) is 1.83. The minimum absolute atomic E-state index is 0.168. The maximum absolute atomic E-state index is 13.9. The van der Waals surface area contributed by atoms with Crippen LogP contribution < -0.4 is 0 Å². The smallest absolute Gasteiger partial charge is 0.338 e. The topological polar surface area (TPSA) is 118 Å². The van der Waals surface area contributed by atoms with Gasteiger partial charge in [-0.25, -0.2) is 4.79 Å². The number of hydrogen-bond acceptors (Lipinski definition) is 9. The average Bonchev–Trinajstić information content (AvgIpc) is 3.55. The van der Waals surface area contributed by atoms with Crippen molar-refractivity contribution in [3.05, 3.63) is 35.9 Å². The van der Waals surface area contributed by atoms with Crippen LogP contribution >= 0.6 is 0 Å². The highest BCUT2D eigenvalue weighted by Crippen LogP contribution is 2.80. The van der Waals surface area contributed by atoms with E-state index in [9.17, 15) is 19.5 Å². The number of fused-ring (bicyclic) bond motifs is 2. The lowest BCUT2D eigenvalue weighted by molar-refractivity contribution is -0.255. The molecule has 2 aliphatic heterocycles. The molecule has 1 aromatic carbocycles. The van der Waals surface area contributed by atoms with E-state index in [1.54, 1.807) is 38.1 Å². The summed E-state index contributed by atoms with van der Waals surface area (Å²) in [7, 11) is 0. The fourth-order valence-corrected chi connectivity index (χ4v) is 9.68. The number of hydrogen-bond donors (Lipinski definition) is 1. The number of rotatable bonds is 4. The lowest BCUT2D eigenvalue weighted by atomic mass is 9.58. The number of aliphatic hydroxyl groups is 1. The van der Waals surface area contributed by atoms with Crippen molar-refractivity contribution in [3.8, 4) is 0 Å². The monoisotopic (exact) mass is 526 g/mol. The van der Waals surface area contributed by atoms with Crippen molar-refractivity contribution in [2.24, 2.45) is 28.6 Å². The van der Waals surface area contributed by atoms with E-state index in [2.05, 4.69) is 0 Å². The minimum atomic E-state index is -1.24. The molecule has 8 atom stereocenters. The summed E-state index contributed by atoms with van der Waals surface area (Å²) < 4.78 is 30.3. The molecule has 2 saturated heterocycles. The van der Waals surface area contributed by atoms with Gasteiger partial charge >= 0.3 is 17.9 Å². The fourth-order valence-electron chi connectivity index (χ4n) is 9.68. The van der Waals surface area contributed by atoms with Crippen LogP contribution in [0.4, 0.5) is 0 Å². The van der Waals surface area contributed by atoms with E-state index in [-0.39, 0.29) is 12.5 Å². The molecule has 9 heteroatoms. The predicted octanol–water partition coefficient (Wildman–Crippen LogP) is 2.78. The van der Waals surface area contributed by atoms with Gasteiger partial charge in [-0.1, -0.05) is 18.2 Å². The lowest BCUT2D eigenvalue weighted by Crippen LogP contribution is -2.55. The number of carbonyl (C=O) groups excluding carboxylic acids is 3. The Morgan fingerprint density at radius 3 is 2.53 bits per heavy atom. The van der Waals surface area contributed by atoms with Crippen molar-refractivity contribution in [3.63, 3.8) is 0 Å². The Kier molecular flexibility index (Phi) is 5.03. The summed E-state index contributed by atoms with van der Waals surface area (Å²) in [4.78, 5) is 40.8. The standard InChI is InChI=1S/C29H34O9/c1-3-34-23(31)20-21-25(2)19(37-22(30)17-7-5-4-6-8-17)10-12-28(21,38-24(25)32)18-9-11-27(33)15-26(18,20)16-29(27)35-13-14-36-29/h4-8,18-21,33H,3,9-16H2,1-2H3/t18-,19-,20-,21-,25-,26-,27+,28-/m1/s1. The van der Waals surface area contributed by atoms with Gasteiger partial charge in [-0.15, -0.1) is 0 Å². The molecule has 7 rings (SSSR count). The third-order valence-corrected chi connectivity index (χ3v) is 10.9. The Morgan fingerprint density at radius 1 is 1.08 bits per heavy atom. The Bertz CT molecular complexity index is 1190. The summed E-state index contributed by atoms with van der Waals surface area (Å²) in [6, 6.07) is 8.69.